The van der Waals surface area contributed by atoms with E-state index in [2.05, 4.69) is 5.32 Å². The maximum absolute atomic E-state index is 13.5. The van der Waals surface area contributed by atoms with Crippen LogP contribution in [0.15, 0.2) is 51.7 Å². The van der Waals surface area contributed by atoms with Gasteiger partial charge >= 0.3 is 5.63 Å². The molecule has 0 saturated carbocycles. The Balaban J connectivity index is 1.53. The second-order valence-corrected chi connectivity index (χ2v) is 9.02. The molecule has 7 nitrogen and oxygen atoms in total. The molecular weight excluding hydrogens is 498 g/mol. The van der Waals surface area contributed by atoms with Crippen LogP contribution in [0.25, 0.3) is 22.1 Å². The number of hydrogen-bond acceptors (Lipinski definition) is 5. The zero-order chi connectivity index (χ0) is 25.1. The Labute approximate surface area is 210 Å². The molecule has 0 spiro atoms. The molecule has 1 aliphatic rings. The summed E-state index contributed by atoms with van der Waals surface area (Å²) in [6.07, 6.45) is 0.712. The van der Waals surface area contributed by atoms with Gasteiger partial charge in [0.2, 0.25) is 5.91 Å². The first-order chi connectivity index (χ1) is 16.7. The zero-order valence-electron chi connectivity index (χ0n) is 18.9. The molecule has 1 fully saturated rings. The average Bonchev–Trinajstić information content (AvgIpc) is 2.83. The van der Waals surface area contributed by atoms with Gasteiger partial charge in [-0.1, -0.05) is 11.6 Å². The van der Waals surface area contributed by atoms with E-state index in [-0.39, 0.29) is 34.3 Å². The lowest BCUT2D eigenvalue weighted by Gasteiger charge is -2.34. The Morgan fingerprint density at radius 1 is 1.23 bits per heavy atom. The van der Waals surface area contributed by atoms with Crippen LogP contribution in [0.1, 0.15) is 19.8 Å². The Kier molecular flexibility index (Phi) is 7.62. The van der Waals surface area contributed by atoms with Gasteiger partial charge in [-0.15, -0.1) is 11.6 Å². The maximum Gasteiger partial charge on any atom is 0.336 e. The van der Waals surface area contributed by atoms with E-state index in [0.29, 0.717) is 35.4 Å². The summed E-state index contributed by atoms with van der Waals surface area (Å²) in [5.74, 6) is -0.760. The van der Waals surface area contributed by atoms with E-state index in [9.17, 15) is 18.8 Å². The Morgan fingerprint density at radius 3 is 2.77 bits per heavy atom. The summed E-state index contributed by atoms with van der Waals surface area (Å²) in [6.45, 7) is 2.58. The van der Waals surface area contributed by atoms with Gasteiger partial charge in [-0.25, -0.2) is 9.18 Å². The van der Waals surface area contributed by atoms with Crippen molar-refractivity contribution in [3.63, 3.8) is 0 Å². The zero-order valence-corrected chi connectivity index (χ0v) is 20.4. The number of benzene rings is 2. The third kappa shape index (κ3) is 5.77. The summed E-state index contributed by atoms with van der Waals surface area (Å²) >= 11 is 11.8. The molecule has 184 valence electrons. The number of nitrogens with zero attached hydrogens (tertiary/aromatic N) is 1. The summed E-state index contributed by atoms with van der Waals surface area (Å²) in [6, 6.07) is 9.96. The average molecular weight is 521 g/mol. The van der Waals surface area contributed by atoms with E-state index >= 15 is 0 Å². The first-order valence-electron chi connectivity index (χ1n) is 11.1. The number of piperidine rings is 1. The van der Waals surface area contributed by atoms with Crippen LogP contribution < -0.4 is 15.7 Å². The summed E-state index contributed by atoms with van der Waals surface area (Å²) in [4.78, 5) is 38.4. The lowest BCUT2D eigenvalue weighted by Crippen LogP contribution is -2.52. The van der Waals surface area contributed by atoms with Crippen molar-refractivity contribution in [1.29, 1.82) is 0 Å². The van der Waals surface area contributed by atoms with E-state index in [0.717, 1.165) is 12.8 Å². The first-order valence-corrected chi connectivity index (χ1v) is 12.0. The normalized spacial score (nSPS) is 16.7. The number of halogens is 3. The van der Waals surface area contributed by atoms with Gasteiger partial charge in [0.15, 0.2) is 6.10 Å². The van der Waals surface area contributed by atoms with Crippen LogP contribution in [0.2, 0.25) is 5.02 Å². The second kappa shape index (κ2) is 10.7. The SMILES string of the molecule is CC(Oc1ccc2c(-c3ccc(F)cc3Cl)cc(=O)oc2c1)C(=O)N1CCC[C@H](NC(=O)CCl)C1. The molecule has 1 unspecified atom stereocenters. The van der Waals surface area contributed by atoms with Gasteiger partial charge in [0, 0.05) is 47.8 Å². The van der Waals surface area contributed by atoms with E-state index < -0.39 is 17.5 Å². The minimum Gasteiger partial charge on any atom is -0.481 e. The van der Waals surface area contributed by atoms with Gasteiger partial charge in [0.25, 0.3) is 5.91 Å². The third-order valence-electron chi connectivity index (χ3n) is 5.82. The fraction of sp³-hybridized carbons (Fsp3) is 0.320. The second-order valence-electron chi connectivity index (χ2n) is 8.35. The lowest BCUT2D eigenvalue weighted by atomic mass is 10.0. The fourth-order valence-corrected chi connectivity index (χ4v) is 4.57. The number of hydrogen-bond donors (Lipinski definition) is 1. The minimum atomic E-state index is -0.809. The predicted molar refractivity (Wildman–Crippen MR) is 131 cm³/mol. The summed E-state index contributed by atoms with van der Waals surface area (Å²) in [5.41, 5.74) is 0.624. The summed E-state index contributed by atoms with van der Waals surface area (Å²) in [7, 11) is 0. The maximum atomic E-state index is 13.5. The number of nitrogens with one attached hydrogen (secondary N) is 1. The molecule has 10 heteroatoms. The van der Waals surface area contributed by atoms with Gasteiger partial charge in [0.05, 0.1) is 5.02 Å². The first kappa shape index (κ1) is 25.0. The molecular formula is C25H23Cl2FN2O5. The number of likely N-dealkylation sites (tertiary alicyclic amines) is 1. The lowest BCUT2D eigenvalue weighted by molar-refractivity contribution is -0.139. The highest BCUT2D eigenvalue weighted by Gasteiger charge is 2.28. The number of ether oxygens (including phenoxy) is 1. The molecule has 35 heavy (non-hydrogen) atoms. The molecule has 2 atom stereocenters. The largest absolute Gasteiger partial charge is 0.481 e. The highest BCUT2D eigenvalue weighted by molar-refractivity contribution is 6.33. The molecule has 3 aromatic rings. The molecule has 2 amide bonds. The van der Waals surface area contributed by atoms with E-state index in [1.165, 1.54) is 30.3 Å². The number of amides is 2. The molecule has 1 aromatic heterocycles. The van der Waals surface area contributed by atoms with Gasteiger partial charge in [-0.2, -0.15) is 0 Å². The van der Waals surface area contributed by atoms with Crippen molar-refractivity contribution in [2.45, 2.75) is 31.9 Å². The van der Waals surface area contributed by atoms with E-state index in [1.54, 1.807) is 24.0 Å². The number of carbonyl (C=O) groups excluding carboxylic acids is 2. The number of rotatable bonds is 6. The van der Waals surface area contributed by atoms with E-state index in [1.807, 2.05) is 0 Å². The molecule has 0 radical (unpaired) electrons. The van der Waals surface area contributed by atoms with Crippen LogP contribution in [-0.4, -0.2) is 47.8 Å². The number of alkyl halides is 1. The van der Waals surface area contributed by atoms with Crippen molar-refractivity contribution in [2.24, 2.45) is 0 Å². The van der Waals surface area contributed by atoms with Crippen molar-refractivity contribution < 1.29 is 23.1 Å². The van der Waals surface area contributed by atoms with Crippen molar-refractivity contribution in [1.82, 2.24) is 10.2 Å². The van der Waals surface area contributed by atoms with Crippen molar-refractivity contribution in [3.05, 3.63) is 63.7 Å². The van der Waals surface area contributed by atoms with Gasteiger partial charge in [-0.05, 0) is 50.1 Å². The molecule has 2 heterocycles. The van der Waals surface area contributed by atoms with Crippen LogP contribution in [0.3, 0.4) is 0 Å². The van der Waals surface area contributed by atoms with Crippen molar-refractivity contribution in [2.75, 3.05) is 19.0 Å². The van der Waals surface area contributed by atoms with Crippen LogP contribution in [0.5, 0.6) is 5.75 Å². The van der Waals surface area contributed by atoms with Crippen LogP contribution >= 0.6 is 23.2 Å². The summed E-state index contributed by atoms with van der Waals surface area (Å²) in [5, 5.41) is 3.56. The highest BCUT2D eigenvalue weighted by Crippen LogP contribution is 2.34. The monoisotopic (exact) mass is 520 g/mol. The predicted octanol–water partition coefficient (Wildman–Crippen LogP) is 4.37. The Bertz CT molecular complexity index is 1330. The van der Waals surface area contributed by atoms with Crippen molar-refractivity contribution >= 4 is 46.0 Å². The fourth-order valence-electron chi connectivity index (χ4n) is 4.22. The number of carbonyl (C=O) groups is 2. The van der Waals surface area contributed by atoms with Crippen molar-refractivity contribution in [3.8, 4) is 16.9 Å². The van der Waals surface area contributed by atoms with Gasteiger partial charge < -0.3 is 19.4 Å². The topological polar surface area (TPSA) is 88.8 Å². The standard InChI is InChI=1S/C25H23Cl2FN2O5/c1-14(25(33)30-8-2-3-16(13-30)29-23(31)12-26)34-17-5-7-19-20(11-24(32)35-22(19)10-17)18-6-4-15(28)9-21(18)27/h4-7,9-11,14,16H,2-3,8,12-13H2,1H3,(H,29,31)/t14?,16-/m0/s1. The summed E-state index contributed by atoms with van der Waals surface area (Å²) < 4.78 is 24.7. The van der Waals surface area contributed by atoms with Gasteiger partial charge in [-0.3, -0.25) is 9.59 Å². The molecule has 1 saturated heterocycles. The molecule has 0 bridgehead atoms. The van der Waals surface area contributed by atoms with Gasteiger partial charge in [0.1, 0.15) is 23.0 Å². The van der Waals surface area contributed by atoms with Crippen LogP contribution in [0.4, 0.5) is 4.39 Å². The Hall–Kier alpha value is -3.10. The Morgan fingerprint density at radius 2 is 2.03 bits per heavy atom. The molecule has 1 aliphatic heterocycles. The smallest absolute Gasteiger partial charge is 0.336 e. The quantitative estimate of drug-likeness (QED) is 0.385. The van der Waals surface area contributed by atoms with Crippen LogP contribution in [-0.2, 0) is 9.59 Å². The third-order valence-corrected chi connectivity index (χ3v) is 6.37. The van der Waals surface area contributed by atoms with E-state index in [4.69, 9.17) is 32.4 Å². The molecule has 4 rings (SSSR count). The number of fused-ring (bicyclic) bond motifs is 1. The molecule has 1 N–H and O–H groups in total. The highest BCUT2D eigenvalue weighted by atomic mass is 35.5. The molecule has 2 aromatic carbocycles. The minimum absolute atomic E-state index is 0.128. The van der Waals surface area contributed by atoms with Crippen LogP contribution in [0, 0.1) is 5.82 Å². The molecule has 0 aliphatic carbocycles.